The van der Waals surface area contributed by atoms with Crippen LogP contribution >= 0.6 is 0 Å². The van der Waals surface area contributed by atoms with Crippen LogP contribution in [0.3, 0.4) is 0 Å². The first-order valence-corrected chi connectivity index (χ1v) is 10.00. The van der Waals surface area contributed by atoms with E-state index >= 15 is 0 Å². The van der Waals surface area contributed by atoms with Crippen LogP contribution < -0.4 is 10.0 Å². The Morgan fingerprint density at radius 3 is 2.14 bits per heavy atom. The summed E-state index contributed by atoms with van der Waals surface area (Å²) in [7, 11) is -2.36. The molecule has 0 aromatic heterocycles. The number of amides is 2. The number of hydrogen-bond donors (Lipinski definition) is 2. The lowest BCUT2D eigenvalue weighted by Crippen LogP contribution is -2.40. The molecule has 0 radical (unpaired) electrons. The van der Waals surface area contributed by atoms with Gasteiger partial charge in [0.1, 0.15) is 5.82 Å². The normalized spacial score (nSPS) is 11.2. The molecule has 2 aromatic carbocycles. The Morgan fingerprint density at radius 1 is 1.04 bits per heavy atom. The van der Waals surface area contributed by atoms with E-state index in [1.165, 1.54) is 36.2 Å². The minimum Gasteiger partial charge on any atom is -0.352 e. The third-order valence-electron chi connectivity index (χ3n) is 3.69. The molecule has 0 saturated carbocycles. The Labute approximate surface area is 163 Å². The Morgan fingerprint density at radius 2 is 1.61 bits per heavy atom. The number of nitrogens with zero attached hydrogens (tertiary/aromatic N) is 1. The SMILES string of the molecule is CC(C)NC(=O)CN(C)C(=O)c1ccc(NS(=O)(=O)c2ccc(F)cc2)cc1. The van der Waals surface area contributed by atoms with E-state index in [2.05, 4.69) is 10.0 Å². The summed E-state index contributed by atoms with van der Waals surface area (Å²) in [6.07, 6.45) is 0. The summed E-state index contributed by atoms with van der Waals surface area (Å²) < 4.78 is 39.9. The lowest BCUT2D eigenvalue weighted by atomic mass is 10.2. The molecule has 7 nitrogen and oxygen atoms in total. The van der Waals surface area contributed by atoms with Crippen molar-refractivity contribution in [2.45, 2.75) is 24.8 Å². The van der Waals surface area contributed by atoms with Crippen LogP contribution in [0.5, 0.6) is 0 Å². The molecule has 2 amide bonds. The zero-order valence-electron chi connectivity index (χ0n) is 15.8. The van der Waals surface area contributed by atoms with Gasteiger partial charge in [-0.3, -0.25) is 14.3 Å². The molecule has 9 heteroatoms. The topological polar surface area (TPSA) is 95.6 Å². The second kappa shape index (κ2) is 8.83. The minimum absolute atomic E-state index is 0.0237. The number of sulfonamides is 1. The van der Waals surface area contributed by atoms with Gasteiger partial charge in [0, 0.05) is 24.3 Å². The molecule has 0 atom stereocenters. The minimum atomic E-state index is -3.87. The monoisotopic (exact) mass is 407 g/mol. The molecule has 0 spiro atoms. The Bertz CT molecular complexity index is 942. The van der Waals surface area contributed by atoms with E-state index in [0.717, 1.165) is 24.3 Å². The van der Waals surface area contributed by atoms with E-state index in [4.69, 9.17) is 0 Å². The number of likely N-dealkylation sites (N-methyl/N-ethyl adjacent to an activating group) is 1. The maximum absolute atomic E-state index is 13.0. The van der Waals surface area contributed by atoms with Crippen molar-refractivity contribution in [1.82, 2.24) is 10.2 Å². The molecule has 0 aliphatic heterocycles. The molecule has 28 heavy (non-hydrogen) atoms. The van der Waals surface area contributed by atoms with Gasteiger partial charge < -0.3 is 10.2 Å². The van der Waals surface area contributed by atoms with Gasteiger partial charge in [-0.15, -0.1) is 0 Å². The van der Waals surface area contributed by atoms with Gasteiger partial charge in [0.15, 0.2) is 0 Å². The second-order valence-corrected chi connectivity index (χ2v) is 8.20. The van der Waals surface area contributed by atoms with E-state index in [-0.39, 0.29) is 35.0 Å². The molecule has 0 bridgehead atoms. The van der Waals surface area contributed by atoms with Crippen LogP contribution in [0.1, 0.15) is 24.2 Å². The average molecular weight is 407 g/mol. The highest BCUT2D eigenvalue weighted by molar-refractivity contribution is 7.92. The van der Waals surface area contributed by atoms with Gasteiger partial charge in [0.25, 0.3) is 15.9 Å². The number of carbonyl (C=O) groups excluding carboxylic acids is 2. The van der Waals surface area contributed by atoms with Crippen LogP contribution in [-0.2, 0) is 14.8 Å². The molecule has 2 rings (SSSR count). The Kier molecular flexibility index (Phi) is 6.74. The Hall–Kier alpha value is -2.94. The molecule has 0 heterocycles. The van der Waals surface area contributed by atoms with E-state index in [1.54, 1.807) is 0 Å². The van der Waals surface area contributed by atoms with Gasteiger partial charge in [-0.2, -0.15) is 0 Å². The van der Waals surface area contributed by atoms with Crippen LogP contribution in [0.25, 0.3) is 0 Å². The predicted molar refractivity (Wildman–Crippen MR) is 104 cm³/mol. The summed E-state index contributed by atoms with van der Waals surface area (Å²) in [5.41, 5.74) is 0.561. The van der Waals surface area contributed by atoms with Gasteiger partial charge in [0.2, 0.25) is 5.91 Å². The van der Waals surface area contributed by atoms with E-state index in [1.807, 2.05) is 13.8 Å². The highest BCUT2D eigenvalue weighted by atomic mass is 32.2. The average Bonchev–Trinajstić information content (AvgIpc) is 2.61. The van der Waals surface area contributed by atoms with Crippen LogP contribution in [-0.4, -0.2) is 44.8 Å². The smallest absolute Gasteiger partial charge is 0.261 e. The van der Waals surface area contributed by atoms with Crippen molar-refractivity contribution in [3.05, 3.63) is 59.9 Å². The fourth-order valence-corrected chi connectivity index (χ4v) is 3.44. The van der Waals surface area contributed by atoms with Crippen molar-refractivity contribution >= 4 is 27.5 Å². The highest BCUT2D eigenvalue weighted by Crippen LogP contribution is 2.17. The zero-order valence-corrected chi connectivity index (χ0v) is 16.6. The number of benzene rings is 2. The van der Waals surface area contributed by atoms with Crippen LogP contribution in [0.15, 0.2) is 53.4 Å². The summed E-state index contributed by atoms with van der Waals surface area (Å²) >= 11 is 0. The third-order valence-corrected chi connectivity index (χ3v) is 5.08. The number of nitrogens with one attached hydrogen (secondary N) is 2. The summed E-state index contributed by atoms with van der Waals surface area (Å²) in [5.74, 6) is -1.17. The molecule has 2 N–H and O–H groups in total. The lowest BCUT2D eigenvalue weighted by Gasteiger charge is -2.18. The maximum atomic E-state index is 13.0. The van der Waals surface area contributed by atoms with Gasteiger partial charge in [-0.1, -0.05) is 0 Å². The molecule has 0 unspecified atom stereocenters. The summed E-state index contributed by atoms with van der Waals surface area (Å²) in [5, 5.41) is 2.70. The van der Waals surface area contributed by atoms with Crippen molar-refractivity contribution in [2.24, 2.45) is 0 Å². The highest BCUT2D eigenvalue weighted by Gasteiger charge is 2.17. The largest absolute Gasteiger partial charge is 0.352 e. The first-order valence-electron chi connectivity index (χ1n) is 8.52. The molecule has 2 aromatic rings. The first-order chi connectivity index (χ1) is 13.1. The molecule has 0 aliphatic rings. The van der Waals surface area contributed by atoms with E-state index < -0.39 is 15.8 Å². The first kappa shape index (κ1) is 21.4. The van der Waals surface area contributed by atoms with E-state index in [9.17, 15) is 22.4 Å². The zero-order chi connectivity index (χ0) is 20.9. The van der Waals surface area contributed by atoms with Gasteiger partial charge in [-0.25, -0.2) is 12.8 Å². The molecule has 150 valence electrons. The van der Waals surface area contributed by atoms with Crippen molar-refractivity contribution < 1.29 is 22.4 Å². The molecule has 0 saturated heterocycles. The summed E-state index contributed by atoms with van der Waals surface area (Å²) in [4.78, 5) is 25.3. The van der Waals surface area contributed by atoms with Crippen LogP contribution in [0.4, 0.5) is 10.1 Å². The lowest BCUT2D eigenvalue weighted by molar-refractivity contribution is -0.122. The van der Waals surface area contributed by atoms with E-state index in [0.29, 0.717) is 5.56 Å². The number of anilines is 1. The van der Waals surface area contributed by atoms with Crippen molar-refractivity contribution in [1.29, 1.82) is 0 Å². The standard InChI is InChI=1S/C19H22FN3O4S/c1-13(2)21-18(24)12-23(3)19(25)14-4-8-16(9-5-14)22-28(26,27)17-10-6-15(20)7-11-17/h4-11,13,22H,12H2,1-3H3,(H,21,24). The van der Waals surface area contributed by atoms with Crippen LogP contribution in [0, 0.1) is 5.82 Å². The van der Waals surface area contributed by atoms with Crippen molar-refractivity contribution in [3.8, 4) is 0 Å². The molecule has 0 fully saturated rings. The van der Waals surface area contributed by atoms with Crippen molar-refractivity contribution in [2.75, 3.05) is 18.3 Å². The third kappa shape index (κ3) is 5.78. The van der Waals surface area contributed by atoms with Crippen LogP contribution in [0.2, 0.25) is 0 Å². The maximum Gasteiger partial charge on any atom is 0.261 e. The Balaban J connectivity index is 2.05. The molecular weight excluding hydrogens is 385 g/mol. The fourth-order valence-electron chi connectivity index (χ4n) is 2.38. The quantitative estimate of drug-likeness (QED) is 0.736. The summed E-state index contributed by atoms with van der Waals surface area (Å²) in [6, 6.07) is 10.2. The predicted octanol–water partition coefficient (Wildman–Crippen LogP) is 2.22. The number of carbonyl (C=O) groups is 2. The molecule has 0 aliphatic carbocycles. The number of halogens is 1. The second-order valence-electron chi connectivity index (χ2n) is 6.52. The number of hydrogen-bond acceptors (Lipinski definition) is 4. The van der Waals surface area contributed by atoms with Crippen molar-refractivity contribution in [3.63, 3.8) is 0 Å². The number of rotatable bonds is 7. The molecular formula is C19H22FN3O4S. The van der Waals surface area contributed by atoms with Gasteiger partial charge in [-0.05, 0) is 62.4 Å². The van der Waals surface area contributed by atoms with Gasteiger partial charge >= 0.3 is 0 Å². The summed E-state index contributed by atoms with van der Waals surface area (Å²) in [6.45, 7) is 3.56. The fraction of sp³-hybridized carbons (Fsp3) is 0.263. The van der Waals surface area contributed by atoms with Gasteiger partial charge in [0.05, 0.1) is 11.4 Å².